The minimum absolute atomic E-state index is 0.191. The number of carboxylic acid groups (broad SMARTS) is 2. The molecule has 0 aliphatic carbocycles. The topological polar surface area (TPSA) is 187 Å². The van der Waals surface area contributed by atoms with Crippen LogP contribution in [-0.4, -0.2) is 62.1 Å². The lowest BCUT2D eigenvalue weighted by Gasteiger charge is -2.19. The number of hydrogen-bond donors (Lipinski definition) is 6. The number of aromatic nitrogens is 2. The Morgan fingerprint density at radius 3 is 2.44 bits per heavy atom. The summed E-state index contributed by atoms with van der Waals surface area (Å²) in [7, 11) is 0. The van der Waals surface area contributed by atoms with Gasteiger partial charge in [-0.2, -0.15) is 0 Å². The predicted molar refractivity (Wildman–Crippen MR) is 84.3 cm³/mol. The number of aromatic amines is 1. The van der Waals surface area contributed by atoms with Crippen LogP contribution in [0, 0.1) is 0 Å². The van der Waals surface area contributed by atoms with Gasteiger partial charge in [-0.05, 0) is 13.3 Å². The van der Waals surface area contributed by atoms with Gasteiger partial charge in [-0.15, -0.1) is 0 Å². The minimum Gasteiger partial charge on any atom is -0.481 e. The lowest BCUT2D eigenvalue weighted by molar-refractivity contribution is -0.143. The number of nitrogens with two attached hydrogens (primary N) is 1. The standard InChI is InChI=1S/C14H21N5O6/c1-7(12(22)19-10(14(24)25)2-3-11(20)21)18-13(23)9(15)4-8-5-16-6-17-8/h5-7,9-10H,2-4,15H2,1H3,(H,16,17)(H,18,23)(H,19,22)(H,20,21)(H,24,25). The molecular formula is C14H21N5O6. The van der Waals surface area contributed by atoms with E-state index >= 15 is 0 Å². The van der Waals surface area contributed by atoms with E-state index < -0.39 is 48.3 Å². The van der Waals surface area contributed by atoms with Crippen LogP contribution in [-0.2, 0) is 25.6 Å². The van der Waals surface area contributed by atoms with Crippen molar-refractivity contribution in [3.8, 4) is 0 Å². The number of H-pyrrole nitrogens is 1. The number of nitrogens with zero attached hydrogens (tertiary/aromatic N) is 1. The molecule has 0 radical (unpaired) electrons. The third-order valence-corrected chi connectivity index (χ3v) is 3.34. The zero-order valence-electron chi connectivity index (χ0n) is 13.6. The Bertz CT molecular complexity index is 617. The van der Waals surface area contributed by atoms with Gasteiger partial charge in [-0.3, -0.25) is 14.4 Å². The number of carbonyl (C=O) groups excluding carboxylic acids is 2. The number of amides is 2. The van der Waals surface area contributed by atoms with Crippen molar-refractivity contribution >= 4 is 23.8 Å². The molecule has 25 heavy (non-hydrogen) atoms. The summed E-state index contributed by atoms with van der Waals surface area (Å²) in [4.78, 5) is 52.1. The van der Waals surface area contributed by atoms with Gasteiger partial charge in [-0.1, -0.05) is 0 Å². The summed E-state index contributed by atoms with van der Waals surface area (Å²) in [5, 5.41) is 22.2. The maximum absolute atomic E-state index is 12.0. The molecule has 3 unspecified atom stereocenters. The zero-order chi connectivity index (χ0) is 19.0. The summed E-state index contributed by atoms with van der Waals surface area (Å²) in [5.41, 5.74) is 6.39. The van der Waals surface area contributed by atoms with Crippen LogP contribution < -0.4 is 16.4 Å². The highest BCUT2D eigenvalue weighted by Crippen LogP contribution is 2.00. The molecule has 3 atom stereocenters. The second kappa shape index (κ2) is 9.37. The number of carbonyl (C=O) groups is 4. The van der Waals surface area contributed by atoms with Crippen LogP contribution in [0.3, 0.4) is 0 Å². The normalized spacial score (nSPS) is 14.2. The fourth-order valence-corrected chi connectivity index (χ4v) is 1.93. The first-order valence-electron chi connectivity index (χ1n) is 7.49. The van der Waals surface area contributed by atoms with Crippen molar-refractivity contribution in [1.29, 1.82) is 0 Å². The Morgan fingerprint density at radius 2 is 1.92 bits per heavy atom. The molecule has 0 saturated heterocycles. The van der Waals surface area contributed by atoms with Gasteiger partial charge in [0.2, 0.25) is 11.8 Å². The molecule has 0 aliphatic heterocycles. The molecule has 1 aromatic heterocycles. The molecule has 1 aromatic rings. The first kappa shape index (κ1) is 20.1. The molecule has 0 bridgehead atoms. The van der Waals surface area contributed by atoms with Crippen LogP contribution in [0.15, 0.2) is 12.5 Å². The van der Waals surface area contributed by atoms with Crippen molar-refractivity contribution in [2.75, 3.05) is 0 Å². The van der Waals surface area contributed by atoms with E-state index in [4.69, 9.17) is 15.9 Å². The molecule has 11 heteroatoms. The SMILES string of the molecule is CC(NC(=O)C(N)Cc1cnc[nH]1)C(=O)NC(CCC(=O)O)C(=O)O. The lowest BCUT2D eigenvalue weighted by atomic mass is 10.1. The number of aliphatic carboxylic acids is 2. The van der Waals surface area contributed by atoms with Gasteiger partial charge in [0.25, 0.3) is 0 Å². The summed E-state index contributed by atoms with van der Waals surface area (Å²) >= 11 is 0. The largest absolute Gasteiger partial charge is 0.481 e. The van der Waals surface area contributed by atoms with Crippen LogP contribution in [0.2, 0.25) is 0 Å². The number of hydrogen-bond acceptors (Lipinski definition) is 6. The van der Waals surface area contributed by atoms with Crippen LogP contribution in [0.5, 0.6) is 0 Å². The smallest absolute Gasteiger partial charge is 0.326 e. The van der Waals surface area contributed by atoms with Crippen molar-refractivity contribution in [3.05, 3.63) is 18.2 Å². The molecule has 11 nitrogen and oxygen atoms in total. The van der Waals surface area contributed by atoms with Gasteiger partial charge < -0.3 is 31.6 Å². The first-order valence-corrected chi connectivity index (χ1v) is 7.49. The van der Waals surface area contributed by atoms with E-state index in [1.54, 1.807) is 0 Å². The van der Waals surface area contributed by atoms with E-state index in [0.717, 1.165) is 0 Å². The van der Waals surface area contributed by atoms with Gasteiger partial charge in [0.1, 0.15) is 12.1 Å². The van der Waals surface area contributed by atoms with E-state index in [2.05, 4.69) is 20.6 Å². The fourth-order valence-electron chi connectivity index (χ4n) is 1.93. The van der Waals surface area contributed by atoms with Crippen molar-refractivity contribution in [2.24, 2.45) is 5.73 Å². The van der Waals surface area contributed by atoms with Gasteiger partial charge >= 0.3 is 11.9 Å². The summed E-state index contributed by atoms with van der Waals surface area (Å²) in [6.07, 6.45) is 2.47. The van der Waals surface area contributed by atoms with Crippen molar-refractivity contribution < 1.29 is 29.4 Å². The van der Waals surface area contributed by atoms with E-state index in [0.29, 0.717) is 5.69 Å². The molecule has 2 amide bonds. The summed E-state index contributed by atoms with van der Waals surface area (Å²) in [6.45, 7) is 1.37. The molecule has 7 N–H and O–H groups in total. The highest BCUT2D eigenvalue weighted by molar-refractivity contribution is 5.91. The van der Waals surface area contributed by atoms with Crippen LogP contribution in [0.4, 0.5) is 0 Å². The molecule has 1 rings (SSSR count). The predicted octanol–water partition coefficient (Wildman–Crippen LogP) is -1.78. The average molecular weight is 355 g/mol. The lowest BCUT2D eigenvalue weighted by Crippen LogP contribution is -2.53. The molecule has 0 aliphatic rings. The Balaban J connectivity index is 2.52. The molecule has 0 aromatic carbocycles. The number of carboxylic acids is 2. The van der Waals surface area contributed by atoms with Gasteiger partial charge in [0, 0.05) is 24.7 Å². The second-order valence-corrected chi connectivity index (χ2v) is 5.45. The van der Waals surface area contributed by atoms with Crippen molar-refractivity contribution in [2.45, 2.75) is 44.3 Å². The van der Waals surface area contributed by atoms with Crippen molar-refractivity contribution in [1.82, 2.24) is 20.6 Å². The van der Waals surface area contributed by atoms with E-state index in [1.165, 1.54) is 19.4 Å². The maximum atomic E-state index is 12.0. The fraction of sp³-hybridized carbons (Fsp3) is 0.500. The molecule has 0 fully saturated rings. The number of nitrogens with one attached hydrogen (secondary N) is 3. The van der Waals surface area contributed by atoms with E-state index in [1.807, 2.05) is 0 Å². The molecule has 138 valence electrons. The minimum atomic E-state index is -1.36. The van der Waals surface area contributed by atoms with Crippen LogP contribution in [0.25, 0.3) is 0 Å². The van der Waals surface area contributed by atoms with E-state index in [9.17, 15) is 19.2 Å². The Morgan fingerprint density at radius 1 is 1.24 bits per heavy atom. The Hall–Kier alpha value is -2.95. The van der Waals surface area contributed by atoms with Gasteiger partial charge in [0.05, 0.1) is 12.4 Å². The van der Waals surface area contributed by atoms with Crippen molar-refractivity contribution in [3.63, 3.8) is 0 Å². The average Bonchev–Trinajstić information content (AvgIpc) is 3.03. The highest BCUT2D eigenvalue weighted by Gasteiger charge is 2.25. The number of imidazole rings is 1. The summed E-state index contributed by atoms with van der Waals surface area (Å²) in [6, 6.07) is -3.31. The van der Waals surface area contributed by atoms with Gasteiger partial charge in [-0.25, -0.2) is 9.78 Å². The Kier molecular flexibility index (Phi) is 7.53. The van der Waals surface area contributed by atoms with Crippen LogP contribution in [0.1, 0.15) is 25.5 Å². The van der Waals surface area contributed by atoms with E-state index in [-0.39, 0.29) is 12.8 Å². The molecule has 0 spiro atoms. The second-order valence-electron chi connectivity index (χ2n) is 5.45. The quantitative estimate of drug-likeness (QED) is 0.284. The first-order chi connectivity index (χ1) is 11.7. The third kappa shape index (κ3) is 6.99. The monoisotopic (exact) mass is 355 g/mol. The number of rotatable bonds is 10. The molecular weight excluding hydrogens is 334 g/mol. The summed E-state index contributed by atoms with van der Waals surface area (Å²) in [5.74, 6) is -3.87. The molecule has 0 saturated carbocycles. The van der Waals surface area contributed by atoms with Gasteiger partial charge in [0.15, 0.2) is 0 Å². The highest BCUT2D eigenvalue weighted by atomic mass is 16.4. The van der Waals surface area contributed by atoms with Crippen LogP contribution >= 0.6 is 0 Å². The molecule has 1 heterocycles. The summed E-state index contributed by atoms with van der Waals surface area (Å²) < 4.78 is 0. The maximum Gasteiger partial charge on any atom is 0.326 e. The third-order valence-electron chi connectivity index (χ3n) is 3.34. The zero-order valence-corrected chi connectivity index (χ0v) is 13.6. The Labute approximate surface area is 143 Å².